The number of nitrogens with zero attached hydrogens (tertiary/aromatic N) is 1. The molecule has 0 aliphatic carbocycles. The van der Waals surface area contributed by atoms with Crippen molar-refractivity contribution >= 4 is 21.6 Å². The molecule has 0 spiro atoms. The van der Waals surface area contributed by atoms with Crippen LogP contribution < -0.4 is 5.32 Å². The highest BCUT2D eigenvalue weighted by Crippen LogP contribution is 2.25. The van der Waals surface area contributed by atoms with Gasteiger partial charge in [0.1, 0.15) is 5.82 Å². The summed E-state index contributed by atoms with van der Waals surface area (Å²) in [5, 5.41) is 2.65. The number of piperidine rings is 1. The Morgan fingerprint density at radius 2 is 1.73 bits per heavy atom. The van der Waals surface area contributed by atoms with E-state index in [0.717, 1.165) is 19.3 Å². The molecule has 1 amide bonds. The van der Waals surface area contributed by atoms with Crippen molar-refractivity contribution in [3.05, 3.63) is 59.9 Å². The zero-order valence-electron chi connectivity index (χ0n) is 14.5. The summed E-state index contributed by atoms with van der Waals surface area (Å²) in [6.45, 7) is 2.44. The molecule has 1 heterocycles. The number of halogens is 1. The lowest BCUT2D eigenvalue weighted by Gasteiger charge is -2.32. The molecule has 2 aromatic rings. The van der Waals surface area contributed by atoms with Crippen LogP contribution in [0.5, 0.6) is 0 Å². The molecule has 0 radical (unpaired) electrons. The van der Waals surface area contributed by atoms with Gasteiger partial charge in [-0.05, 0) is 68.3 Å². The van der Waals surface area contributed by atoms with Crippen LogP contribution in [0.15, 0.2) is 53.4 Å². The fraction of sp³-hybridized carbons (Fsp3) is 0.316. The fourth-order valence-corrected chi connectivity index (χ4v) is 4.78. The number of carbonyl (C=O) groups excluding carboxylic acids is 1. The van der Waals surface area contributed by atoms with Gasteiger partial charge >= 0.3 is 0 Å². The van der Waals surface area contributed by atoms with Gasteiger partial charge in [-0.1, -0.05) is 6.42 Å². The van der Waals surface area contributed by atoms with E-state index in [4.69, 9.17) is 0 Å². The van der Waals surface area contributed by atoms with Crippen molar-refractivity contribution < 1.29 is 17.6 Å². The molecule has 7 heteroatoms. The largest absolute Gasteiger partial charge is 0.322 e. The minimum atomic E-state index is -3.56. The van der Waals surface area contributed by atoms with E-state index in [1.165, 1.54) is 52.8 Å². The smallest absolute Gasteiger partial charge is 0.255 e. The second kappa shape index (κ2) is 7.55. The molecule has 5 nitrogen and oxygen atoms in total. The van der Waals surface area contributed by atoms with E-state index in [0.29, 0.717) is 17.8 Å². The quantitative estimate of drug-likeness (QED) is 0.886. The first-order valence-corrected chi connectivity index (χ1v) is 10.0. The van der Waals surface area contributed by atoms with Crippen molar-refractivity contribution in [1.82, 2.24) is 4.31 Å². The average molecular weight is 376 g/mol. The first-order chi connectivity index (χ1) is 12.4. The first-order valence-electron chi connectivity index (χ1n) is 8.57. The maximum absolute atomic E-state index is 12.9. The van der Waals surface area contributed by atoms with E-state index in [-0.39, 0.29) is 22.7 Å². The standard InChI is InChI=1S/C19H21FN2O3S/c1-14-4-2-3-13-22(14)26(24,25)18-11-5-15(6-12-18)19(23)21-17-9-7-16(20)8-10-17/h5-12,14H,2-4,13H2,1H3,(H,21,23). The summed E-state index contributed by atoms with van der Waals surface area (Å²) in [7, 11) is -3.56. The maximum Gasteiger partial charge on any atom is 0.255 e. The molecule has 1 fully saturated rings. The summed E-state index contributed by atoms with van der Waals surface area (Å²) in [4.78, 5) is 12.4. The summed E-state index contributed by atoms with van der Waals surface area (Å²) < 4.78 is 40.0. The highest BCUT2D eigenvalue weighted by Gasteiger charge is 2.30. The van der Waals surface area contributed by atoms with Crippen molar-refractivity contribution in [3.8, 4) is 0 Å². The van der Waals surface area contributed by atoms with Crippen molar-refractivity contribution in [2.24, 2.45) is 0 Å². The molecule has 2 aromatic carbocycles. The average Bonchev–Trinajstić information content (AvgIpc) is 2.64. The van der Waals surface area contributed by atoms with Gasteiger partial charge in [-0.25, -0.2) is 12.8 Å². The van der Waals surface area contributed by atoms with Crippen LogP contribution in [-0.2, 0) is 10.0 Å². The van der Waals surface area contributed by atoms with Gasteiger partial charge in [0.15, 0.2) is 0 Å². The van der Waals surface area contributed by atoms with Gasteiger partial charge < -0.3 is 5.32 Å². The van der Waals surface area contributed by atoms with Crippen molar-refractivity contribution in [2.75, 3.05) is 11.9 Å². The number of rotatable bonds is 4. The van der Waals surface area contributed by atoms with Crippen LogP contribution >= 0.6 is 0 Å². The van der Waals surface area contributed by atoms with E-state index in [9.17, 15) is 17.6 Å². The van der Waals surface area contributed by atoms with E-state index >= 15 is 0 Å². The van der Waals surface area contributed by atoms with Gasteiger partial charge in [0.2, 0.25) is 10.0 Å². The van der Waals surface area contributed by atoms with Gasteiger partial charge in [0.05, 0.1) is 4.90 Å². The first kappa shape index (κ1) is 18.5. The zero-order valence-corrected chi connectivity index (χ0v) is 15.3. The monoisotopic (exact) mass is 376 g/mol. The number of hydrogen-bond donors (Lipinski definition) is 1. The summed E-state index contributed by atoms with van der Waals surface area (Å²) >= 11 is 0. The highest BCUT2D eigenvalue weighted by molar-refractivity contribution is 7.89. The molecular formula is C19H21FN2O3S. The van der Waals surface area contributed by atoms with E-state index in [1.54, 1.807) is 0 Å². The summed E-state index contributed by atoms with van der Waals surface area (Å²) in [6.07, 6.45) is 2.76. The Morgan fingerprint density at radius 1 is 1.08 bits per heavy atom. The normalized spacial score (nSPS) is 18.5. The van der Waals surface area contributed by atoms with Crippen LogP contribution in [0, 0.1) is 5.82 Å². The van der Waals surface area contributed by atoms with Gasteiger partial charge in [-0.3, -0.25) is 4.79 Å². The van der Waals surface area contributed by atoms with Crippen LogP contribution in [0.4, 0.5) is 10.1 Å². The van der Waals surface area contributed by atoms with Crippen LogP contribution in [0.2, 0.25) is 0 Å². The second-order valence-electron chi connectivity index (χ2n) is 6.45. The SMILES string of the molecule is CC1CCCCN1S(=O)(=O)c1ccc(C(=O)Nc2ccc(F)cc2)cc1. The highest BCUT2D eigenvalue weighted by atomic mass is 32.2. The molecule has 1 atom stereocenters. The summed E-state index contributed by atoms with van der Waals surface area (Å²) in [6, 6.07) is 11.3. The Labute approximate surface area is 152 Å². The Hall–Kier alpha value is -2.25. The predicted molar refractivity (Wildman–Crippen MR) is 98.0 cm³/mol. The Bertz CT molecular complexity index is 880. The topological polar surface area (TPSA) is 66.5 Å². The van der Waals surface area contributed by atoms with Crippen molar-refractivity contribution in [1.29, 1.82) is 0 Å². The second-order valence-corrected chi connectivity index (χ2v) is 8.34. The van der Waals surface area contributed by atoms with Crippen LogP contribution in [0.1, 0.15) is 36.5 Å². The third-order valence-corrected chi connectivity index (χ3v) is 6.60. The maximum atomic E-state index is 12.9. The Balaban J connectivity index is 1.75. The number of anilines is 1. The number of benzene rings is 2. The summed E-state index contributed by atoms with van der Waals surface area (Å²) in [5.74, 6) is -0.767. The third kappa shape index (κ3) is 3.94. The lowest BCUT2D eigenvalue weighted by molar-refractivity contribution is 0.102. The van der Waals surface area contributed by atoms with E-state index < -0.39 is 10.0 Å². The molecule has 1 N–H and O–H groups in total. The summed E-state index contributed by atoms with van der Waals surface area (Å²) in [5.41, 5.74) is 0.801. The molecule has 3 rings (SSSR count). The van der Waals surface area contributed by atoms with Crippen LogP contribution in [0.25, 0.3) is 0 Å². The van der Waals surface area contributed by atoms with Gasteiger partial charge in [-0.15, -0.1) is 0 Å². The minimum absolute atomic E-state index is 0.0183. The van der Waals surface area contributed by atoms with Gasteiger partial charge in [-0.2, -0.15) is 4.31 Å². The molecule has 0 bridgehead atoms. The molecule has 0 aromatic heterocycles. The number of nitrogens with one attached hydrogen (secondary N) is 1. The molecule has 0 saturated carbocycles. The van der Waals surface area contributed by atoms with Gasteiger partial charge in [0.25, 0.3) is 5.91 Å². The molecule has 1 aliphatic heterocycles. The van der Waals surface area contributed by atoms with E-state index in [2.05, 4.69) is 5.32 Å². The number of sulfonamides is 1. The lowest BCUT2D eigenvalue weighted by Crippen LogP contribution is -2.41. The number of amides is 1. The van der Waals surface area contributed by atoms with Crippen molar-refractivity contribution in [3.63, 3.8) is 0 Å². The van der Waals surface area contributed by atoms with Crippen molar-refractivity contribution in [2.45, 2.75) is 37.1 Å². The zero-order chi connectivity index (χ0) is 18.7. The fourth-order valence-electron chi connectivity index (χ4n) is 3.08. The minimum Gasteiger partial charge on any atom is -0.322 e. The lowest BCUT2D eigenvalue weighted by atomic mass is 10.1. The van der Waals surface area contributed by atoms with Crippen LogP contribution in [-0.4, -0.2) is 31.2 Å². The Kier molecular flexibility index (Phi) is 5.38. The molecule has 1 aliphatic rings. The third-order valence-electron chi connectivity index (χ3n) is 4.57. The Morgan fingerprint density at radius 3 is 2.35 bits per heavy atom. The molecule has 1 saturated heterocycles. The molecular weight excluding hydrogens is 355 g/mol. The molecule has 138 valence electrons. The van der Waals surface area contributed by atoms with Gasteiger partial charge in [0, 0.05) is 23.8 Å². The predicted octanol–water partition coefficient (Wildman–Crippen LogP) is 3.64. The molecule has 26 heavy (non-hydrogen) atoms. The number of hydrogen-bond acceptors (Lipinski definition) is 3. The molecule has 1 unspecified atom stereocenters. The number of carbonyl (C=O) groups is 1. The van der Waals surface area contributed by atoms with E-state index in [1.807, 2.05) is 6.92 Å². The van der Waals surface area contributed by atoms with Crippen LogP contribution in [0.3, 0.4) is 0 Å².